The molecule has 1 heterocycles. The number of nitrogens with zero attached hydrogens (tertiary/aromatic N) is 2. The molecule has 0 saturated carbocycles. The molecule has 0 aliphatic carbocycles. The highest BCUT2D eigenvalue weighted by Crippen LogP contribution is 2.18. The number of benzene rings is 2. The average molecular weight is 356 g/mol. The molecule has 1 amide bonds. The van der Waals surface area contributed by atoms with Gasteiger partial charge in [0.2, 0.25) is 5.91 Å². The van der Waals surface area contributed by atoms with E-state index in [-0.39, 0.29) is 24.1 Å². The fourth-order valence-electron chi connectivity index (χ4n) is 3.03. The lowest BCUT2D eigenvalue weighted by Gasteiger charge is -2.36. The number of amides is 1. The molecule has 0 spiro atoms. The van der Waals surface area contributed by atoms with Gasteiger partial charge in [0.15, 0.2) is 0 Å². The molecular formula is C20H21FN2O3. The predicted octanol–water partition coefficient (Wildman–Crippen LogP) is 2.50. The van der Waals surface area contributed by atoms with Gasteiger partial charge in [0.05, 0.1) is 19.1 Å². The largest absolute Gasteiger partial charge is 0.465 e. The molecule has 2 aromatic carbocycles. The van der Waals surface area contributed by atoms with Crippen molar-refractivity contribution < 1.29 is 18.7 Å². The van der Waals surface area contributed by atoms with Gasteiger partial charge in [0.25, 0.3) is 0 Å². The van der Waals surface area contributed by atoms with Crippen molar-refractivity contribution in [1.82, 2.24) is 4.90 Å². The standard InChI is InChI=1S/C20H21FN2O3/c1-26-20(25)16-4-8-18(9-5-16)22-10-12-23(13-11-22)19(24)14-15-2-6-17(21)7-3-15/h2-9H,10-14H2,1H3. The fourth-order valence-corrected chi connectivity index (χ4v) is 3.03. The van der Waals surface area contributed by atoms with Crippen LogP contribution in [0, 0.1) is 5.82 Å². The van der Waals surface area contributed by atoms with Crippen LogP contribution in [-0.4, -0.2) is 50.1 Å². The van der Waals surface area contributed by atoms with Crippen LogP contribution in [-0.2, 0) is 16.0 Å². The molecule has 1 fully saturated rings. The maximum atomic E-state index is 12.9. The van der Waals surface area contributed by atoms with Crippen molar-refractivity contribution in [2.45, 2.75) is 6.42 Å². The monoisotopic (exact) mass is 356 g/mol. The normalized spacial score (nSPS) is 14.2. The van der Waals surface area contributed by atoms with Crippen LogP contribution in [0.5, 0.6) is 0 Å². The summed E-state index contributed by atoms with van der Waals surface area (Å²) < 4.78 is 17.6. The molecule has 0 atom stereocenters. The molecule has 0 radical (unpaired) electrons. The molecule has 26 heavy (non-hydrogen) atoms. The number of carbonyl (C=O) groups excluding carboxylic acids is 2. The van der Waals surface area contributed by atoms with Gasteiger partial charge in [0.1, 0.15) is 5.82 Å². The van der Waals surface area contributed by atoms with Gasteiger partial charge in [-0.3, -0.25) is 4.79 Å². The summed E-state index contributed by atoms with van der Waals surface area (Å²) in [6, 6.07) is 13.3. The van der Waals surface area contributed by atoms with Crippen LogP contribution in [0.2, 0.25) is 0 Å². The second kappa shape index (κ2) is 7.99. The number of hydrogen-bond donors (Lipinski definition) is 0. The van der Waals surface area contributed by atoms with E-state index >= 15 is 0 Å². The highest BCUT2D eigenvalue weighted by atomic mass is 19.1. The van der Waals surface area contributed by atoms with Crippen molar-refractivity contribution in [2.24, 2.45) is 0 Å². The lowest BCUT2D eigenvalue weighted by atomic mass is 10.1. The Morgan fingerprint density at radius 1 is 0.962 bits per heavy atom. The quantitative estimate of drug-likeness (QED) is 0.790. The zero-order valence-corrected chi connectivity index (χ0v) is 14.7. The lowest BCUT2D eigenvalue weighted by Crippen LogP contribution is -2.49. The maximum Gasteiger partial charge on any atom is 0.337 e. The van der Waals surface area contributed by atoms with Crippen LogP contribution in [0.4, 0.5) is 10.1 Å². The Morgan fingerprint density at radius 2 is 1.58 bits per heavy atom. The maximum absolute atomic E-state index is 12.9. The molecule has 0 aromatic heterocycles. The third-order valence-corrected chi connectivity index (χ3v) is 4.55. The van der Waals surface area contributed by atoms with Crippen molar-refractivity contribution >= 4 is 17.6 Å². The molecule has 0 unspecified atom stereocenters. The minimum Gasteiger partial charge on any atom is -0.465 e. The Kier molecular flexibility index (Phi) is 5.51. The lowest BCUT2D eigenvalue weighted by molar-refractivity contribution is -0.130. The van der Waals surface area contributed by atoms with Gasteiger partial charge in [-0.15, -0.1) is 0 Å². The number of piperazine rings is 1. The molecule has 1 aliphatic rings. The van der Waals surface area contributed by atoms with E-state index in [1.165, 1.54) is 19.2 Å². The number of halogens is 1. The van der Waals surface area contributed by atoms with Crippen molar-refractivity contribution in [1.29, 1.82) is 0 Å². The molecule has 2 aromatic rings. The number of esters is 1. The summed E-state index contributed by atoms with van der Waals surface area (Å²) in [6.45, 7) is 2.73. The number of carbonyl (C=O) groups is 2. The number of ether oxygens (including phenoxy) is 1. The first-order valence-corrected chi connectivity index (χ1v) is 8.52. The van der Waals surface area contributed by atoms with E-state index in [0.717, 1.165) is 24.3 Å². The van der Waals surface area contributed by atoms with E-state index in [1.54, 1.807) is 24.3 Å². The van der Waals surface area contributed by atoms with Gasteiger partial charge in [-0.1, -0.05) is 12.1 Å². The van der Waals surface area contributed by atoms with Crippen LogP contribution in [0.1, 0.15) is 15.9 Å². The molecule has 0 bridgehead atoms. The van der Waals surface area contributed by atoms with Crippen LogP contribution >= 0.6 is 0 Å². The summed E-state index contributed by atoms with van der Waals surface area (Å²) >= 11 is 0. The molecule has 3 rings (SSSR count). The van der Waals surface area contributed by atoms with Crippen LogP contribution in [0.3, 0.4) is 0 Å². The second-order valence-electron chi connectivity index (χ2n) is 6.21. The predicted molar refractivity (Wildman–Crippen MR) is 96.7 cm³/mol. The highest BCUT2D eigenvalue weighted by Gasteiger charge is 2.21. The summed E-state index contributed by atoms with van der Waals surface area (Å²) in [4.78, 5) is 27.9. The van der Waals surface area contributed by atoms with Crippen LogP contribution in [0.25, 0.3) is 0 Å². The summed E-state index contributed by atoms with van der Waals surface area (Å²) in [7, 11) is 1.36. The summed E-state index contributed by atoms with van der Waals surface area (Å²) in [6.07, 6.45) is 0.286. The number of hydrogen-bond acceptors (Lipinski definition) is 4. The van der Waals surface area contributed by atoms with Crippen molar-refractivity contribution in [2.75, 3.05) is 38.2 Å². The van der Waals surface area contributed by atoms with Gasteiger partial charge < -0.3 is 14.5 Å². The first-order chi connectivity index (χ1) is 12.6. The Bertz CT molecular complexity index is 767. The van der Waals surface area contributed by atoms with E-state index in [2.05, 4.69) is 4.90 Å². The van der Waals surface area contributed by atoms with Crippen molar-refractivity contribution in [3.05, 3.63) is 65.5 Å². The first-order valence-electron chi connectivity index (χ1n) is 8.52. The third kappa shape index (κ3) is 4.20. The average Bonchev–Trinajstić information content (AvgIpc) is 2.69. The van der Waals surface area contributed by atoms with E-state index in [9.17, 15) is 14.0 Å². The van der Waals surface area contributed by atoms with E-state index in [4.69, 9.17) is 4.74 Å². The minimum absolute atomic E-state index is 0.0531. The molecular weight excluding hydrogens is 335 g/mol. The summed E-state index contributed by atoms with van der Waals surface area (Å²) in [5.41, 5.74) is 2.35. The zero-order chi connectivity index (χ0) is 18.5. The topological polar surface area (TPSA) is 49.9 Å². The third-order valence-electron chi connectivity index (χ3n) is 4.55. The molecule has 0 N–H and O–H groups in total. The van der Waals surface area contributed by atoms with Gasteiger partial charge in [-0.25, -0.2) is 9.18 Å². The molecule has 136 valence electrons. The Balaban J connectivity index is 1.54. The summed E-state index contributed by atoms with van der Waals surface area (Å²) in [5.74, 6) is -0.599. The van der Waals surface area contributed by atoms with E-state index in [1.807, 2.05) is 17.0 Å². The SMILES string of the molecule is COC(=O)c1ccc(N2CCN(C(=O)Cc3ccc(F)cc3)CC2)cc1. The van der Waals surface area contributed by atoms with Gasteiger partial charge >= 0.3 is 5.97 Å². The molecule has 1 saturated heterocycles. The van der Waals surface area contributed by atoms with Crippen molar-refractivity contribution in [3.63, 3.8) is 0 Å². The Morgan fingerprint density at radius 3 is 2.15 bits per heavy atom. The molecule has 5 nitrogen and oxygen atoms in total. The van der Waals surface area contributed by atoms with Gasteiger partial charge in [-0.2, -0.15) is 0 Å². The van der Waals surface area contributed by atoms with Crippen LogP contribution in [0.15, 0.2) is 48.5 Å². The number of methoxy groups -OCH3 is 1. The second-order valence-corrected chi connectivity index (χ2v) is 6.21. The highest BCUT2D eigenvalue weighted by molar-refractivity contribution is 5.89. The first kappa shape index (κ1) is 17.9. The minimum atomic E-state index is -0.354. The smallest absolute Gasteiger partial charge is 0.337 e. The molecule has 1 aliphatic heterocycles. The molecule has 6 heteroatoms. The van der Waals surface area contributed by atoms with Gasteiger partial charge in [0, 0.05) is 31.9 Å². The number of rotatable bonds is 4. The summed E-state index contributed by atoms with van der Waals surface area (Å²) in [5, 5.41) is 0. The fraction of sp³-hybridized carbons (Fsp3) is 0.300. The van der Waals surface area contributed by atoms with Crippen molar-refractivity contribution in [3.8, 4) is 0 Å². The van der Waals surface area contributed by atoms with Crippen LogP contribution < -0.4 is 4.90 Å². The van der Waals surface area contributed by atoms with E-state index < -0.39 is 0 Å². The Labute approximate surface area is 152 Å². The zero-order valence-electron chi connectivity index (χ0n) is 14.7. The Hall–Kier alpha value is -2.89. The van der Waals surface area contributed by atoms with E-state index in [0.29, 0.717) is 18.7 Å². The number of anilines is 1. The van der Waals surface area contributed by atoms with Gasteiger partial charge in [-0.05, 0) is 42.0 Å².